The lowest BCUT2D eigenvalue weighted by molar-refractivity contribution is -0.117. The molecule has 0 fully saturated rings. The van der Waals surface area contributed by atoms with E-state index in [0.717, 1.165) is 0 Å². The fourth-order valence-corrected chi connectivity index (χ4v) is 1.67. The first-order valence-electron chi connectivity index (χ1n) is 4.50. The van der Waals surface area contributed by atoms with Crippen LogP contribution < -0.4 is 11.1 Å². The number of phenolic OH excluding ortho intramolecular Hbond substituents is 1. The van der Waals surface area contributed by atoms with Crippen LogP contribution in [0.2, 0.25) is 0 Å². The summed E-state index contributed by atoms with van der Waals surface area (Å²) in [5.41, 5.74) is 6.63. The lowest BCUT2D eigenvalue weighted by Gasteiger charge is -2.06. The van der Waals surface area contributed by atoms with Crippen LogP contribution in [0.4, 0.5) is 5.69 Å². The highest BCUT2D eigenvalue weighted by Gasteiger charge is 2.22. The molecule has 0 saturated carbocycles. The summed E-state index contributed by atoms with van der Waals surface area (Å²) in [6.07, 6.45) is 0.126. The van der Waals surface area contributed by atoms with Crippen molar-refractivity contribution in [1.29, 1.82) is 0 Å². The van der Waals surface area contributed by atoms with Gasteiger partial charge in [0.25, 0.3) is 0 Å². The van der Waals surface area contributed by atoms with Gasteiger partial charge < -0.3 is 16.2 Å². The fourth-order valence-electron chi connectivity index (χ4n) is 1.67. The van der Waals surface area contributed by atoms with E-state index in [4.69, 9.17) is 5.73 Å². The number of phenols is 1. The van der Waals surface area contributed by atoms with E-state index in [1.807, 2.05) is 0 Å². The third-order valence-corrected chi connectivity index (χ3v) is 2.34. The Hall–Kier alpha value is -2.04. The summed E-state index contributed by atoms with van der Waals surface area (Å²) in [5.74, 6) is -0.677. The molecule has 0 saturated heterocycles. The maximum atomic E-state index is 11.1. The maximum absolute atomic E-state index is 11.1. The molecule has 2 amide bonds. The molecule has 78 valence electrons. The molecule has 0 unspecified atom stereocenters. The molecule has 15 heavy (non-hydrogen) atoms. The van der Waals surface area contributed by atoms with Crippen LogP contribution in [0.25, 0.3) is 0 Å². The van der Waals surface area contributed by atoms with Crippen LogP contribution >= 0.6 is 0 Å². The molecule has 0 aliphatic carbocycles. The topological polar surface area (TPSA) is 92.4 Å². The molecule has 1 heterocycles. The molecule has 1 aromatic carbocycles. The molecule has 0 aromatic heterocycles. The average Bonchev–Trinajstić information content (AvgIpc) is 2.51. The molecular weight excluding hydrogens is 196 g/mol. The minimum absolute atomic E-state index is 0.00958. The van der Waals surface area contributed by atoms with Gasteiger partial charge in [0, 0.05) is 16.8 Å². The Bertz CT molecular complexity index is 454. The number of benzene rings is 1. The summed E-state index contributed by atoms with van der Waals surface area (Å²) in [6.45, 7) is 0. The number of aromatic hydroxyl groups is 1. The Kier molecular flexibility index (Phi) is 2.07. The van der Waals surface area contributed by atoms with Gasteiger partial charge in [0.1, 0.15) is 5.75 Å². The quantitative estimate of drug-likeness (QED) is 0.631. The zero-order chi connectivity index (χ0) is 11.0. The zero-order valence-corrected chi connectivity index (χ0v) is 7.91. The number of primary amides is 1. The van der Waals surface area contributed by atoms with Crippen LogP contribution in [0.1, 0.15) is 11.1 Å². The number of hydrogen-bond acceptors (Lipinski definition) is 3. The predicted octanol–water partition coefficient (Wildman–Crippen LogP) is -0.0854. The Labute approximate surface area is 85.9 Å². The van der Waals surface area contributed by atoms with Crippen LogP contribution in [-0.4, -0.2) is 16.9 Å². The van der Waals surface area contributed by atoms with E-state index in [1.54, 1.807) is 12.1 Å². The molecule has 1 aromatic rings. The van der Waals surface area contributed by atoms with Gasteiger partial charge in [-0.2, -0.15) is 0 Å². The van der Waals surface area contributed by atoms with Crippen LogP contribution in [0.3, 0.4) is 0 Å². The van der Waals surface area contributed by atoms with Crippen LogP contribution in [0, 0.1) is 0 Å². The molecule has 1 aliphatic heterocycles. The molecule has 5 heteroatoms. The number of nitrogens with two attached hydrogens (primary N) is 1. The molecule has 0 bridgehead atoms. The van der Waals surface area contributed by atoms with Crippen molar-refractivity contribution in [2.24, 2.45) is 5.73 Å². The van der Waals surface area contributed by atoms with Gasteiger partial charge in [-0.15, -0.1) is 0 Å². The highest BCUT2D eigenvalue weighted by atomic mass is 16.3. The Morgan fingerprint density at radius 1 is 1.53 bits per heavy atom. The van der Waals surface area contributed by atoms with Crippen molar-refractivity contribution in [3.8, 4) is 5.75 Å². The number of carbonyl (C=O) groups is 2. The van der Waals surface area contributed by atoms with E-state index in [0.29, 0.717) is 16.8 Å². The monoisotopic (exact) mass is 206 g/mol. The van der Waals surface area contributed by atoms with Gasteiger partial charge in [0.2, 0.25) is 11.8 Å². The minimum Gasteiger partial charge on any atom is -0.507 e. The van der Waals surface area contributed by atoms with Crippen molar-refractivity contribution in [3.63, 3.8) is 0 Å². The van der Waals surface area contributed by atoms with Crippen molar-refractivity contribution >= 4 is 17.5 Å². The number of anilines is 1. The number of amides is 2. The average molecular weight is 206 g/mol. The molecular formula is C10H10N2O3. The number of carbonyl (C=O) groups excluding carboxylic acids is 2. The summed E-state index contributed by atoms with van der Waals surface area (Å²) >= 11 is 0. The second-order valence-electron chi connectivity index (χ2n) is 3.47. The normalized spacial score (nSPS) is 13.5. The lowest BCUT2D eigenvalue weighted by Crippen LogP contribution is -2.13. The van der Waals surface area contributed by atoms with Crippen LogP contribution in [0.15, 0.2) is 12.1 Å². The number of fused-ring (bicyclic) bond motifs is 1. The number of rotatable bonds is 2. The maximum Gasteiger partial charge on any atom is 0.229 e. The van der Waals surface area contributed by atoms with Gasteiger partial charge >= 0.3 is 0 Å². The van der Waals surface area contributed by atoms with Gasteiger partial charge in [-0.05, 0) is 6.07 Å². The molecule has 2 rings (SSSR count). The first kappa shape index (κ1) is 9.51. The molecule has 5 nitrogen and oxygen atoms in total. The highest BCUT2D eigenvalue weighted by molar-refractivity contribution is 6.00. The minimum atomic E-state index is -0.512. The van der Waals surface area contributed by atoms with E-state index in [-0.39, 0.29) is 24.5 Å². The van der Waals surface area contributed by atoms with Gasteiger partial charge in [0.05, 0.1) is 12.8 Å². The summed E-state index contributed by atoms with van der Waals surface area (Å²) in [6, 6.07) is 3.25. The lowest BCUT2D eigenvalue weighted by atomic mass is 10.0. The van der Waals surface area contributed by atoms with Crippen molar-refractivity contribution in [2.75, 3.05) is 5.32 Å². The van der Waals surface area contributed by atoms with E-state index in [1.165, 1.54) is 0 Å². The summed E-state index contributed by atoms with van der Waals surface area (Å²) in [7, 11) is 0. The Balaban J connectivity index is 2.42. The van der Waals surface area contributed by atoms with Gasteiger partial charge in [-0.25, -0.2) is 0 Å². The van der Waals surface area contributed by atoms with E-state index in [2.05, 4.69) is 5.32 Å². The number of nitrogens with one attached hydrogen (secondary N) is 1. The van der Waals surface area contributed by atoms with Crippen molar-refractivity contribution in [2.45, 2.75) is 12.8 Å². The third-order valence-electron chi connectivity index (χ3n) is 2.34. The third kappa shape index (κ3) is 1.63. The second kappa shape index (κ2) is 3.27. The van der Waals surface area contributed by atoms with Gasteiger partial charge in [0.15, 0.2) is 0 Å². The summed E-state index contributed by atoms with van der Waals surface area (Å²) in [4.78, 5) is 21.8. The van der Waals surface area contributed by atoms with Crippen molar-refractivity contribution < 1.29 is 14.7 Å². The zero-order valence-electron chi connectivity index (χ0n) is 7.91. The molecule has 0 spiro atoms. The van der Waals surface area contributed by atoms with E-state index >= 15 is 0 Å². The standard InChI is InChI=1S/C10H10N2O3/c11-8(13)3-5-1-2-7-6(10(5)15)4-9(14)12-7/h1-2,15H,3-4H2,(H2,11,13)(H,12,14). The Morgan fingerprint density at radius 3 is 2.93 bits per heavy atom. The van der Waals surface area contributed by atoms with E-state index in [9.17, 15) is 14.7 Å². The second-order valence-corrected chi connectivity index (χ2v) is 3.47. The Morgan fingerprint density at radius 2 is 2.27 bits per heavy atom. The van der Waals surface area contributed by atoms with Gasteiger partial charge in [-0.3, -0.25) is 9.59 Å². The van der Waals surface area contributed by atoms with Gasteiger partial charge in [-0.1, -0.05) is 6.07 Å². The van der Waals surface area contributed by atoms with Crippen molar-refractivity contribution in [3.05, 3.63) is 23.3 Å². The molecule has 0 atom stereocenters. The van der Waals surface area contributed by atoms with Crippen LogP contribution in [-0.2, 0) is 22.4 Å². The first-order chi connectivity index (χ1) is 7.08. The predicted molar refractivity (Wildman–Crippen MR) is 53.3 cm³/mol. The van der Waals surface area contributed by atoms with E-state index < -0.39 is 5.91 Å². The van der Waals surface area contributed by atoms with Crippen LogP contribution in [0.5, 0.6) is 5.75 Å². The molecule has 1 aliphatic rings. The first-order valence-corrected chi connectivity index (χ1v) is 4.50. The molecule has 4 N–H and O–H groups in total. The highest BCUT2D eigenvalue weighted by Crippen LogP contribution is 2.33. The summed E-state index contributed by atoms with van der Waals surface area (Å²) < 4.78 is 0. The SMILES string of the molecule is NC(=O)Cc1ccc2c(c1O)CC(=O)N2. The summed E-state index contributed by atoms with van der Waals surface area (Å²) in [5, 5.41) is 12.4. The largest absolute Gasteiger partial charge is 0.507 e. The van der Waals surface area contributed by atoms with Crippen molar-refractivity contribution in [1.82, 2.24) is 0 Å². The molecule has 0 radical (unpaired) electrons. The fraction of sp³-hybridized carbons (Fsp3) is 0.200. The number of hydrogen-bond donors (Lipinski definition) is 3. The smallest absolute Gasteiger partial charge is 0.229 e.